The van der Waals surface area contributed by atoms with Gasteiger partial charge in [0.25, 0.3) is 0 Å². The maximum absolute atomic E-state index is 13.7. The lowest BCUT2D eigenvalue weighted by atomic mass is 9.77. The Labute approximate surface area is 220 Å². The number of fused-ring (bicyclic) bond motifs is 1. The Hall–Kier alpha value is -4.42. The first-order valence-electron chi connectivity index (χ1n) is 12.4. The largest absolute Gasteiger partial charge is 0.488 e. The molecular formula is C32H28FNO4. The highest BCUT2D eigenvalue weighted by Gasteiger charge is 2.32. The Morgan fingerprint density at radius 2 is 1.61 bits per heavy atom. The lowest BCUT2D eigenvalue weighted by molar-refractivity contribution is 0.0697. The van der Waals surface area contributed by atoms with Gasteiger partial charge in [0.15, 0.2) is 0 Å². The SMILES string of the molecule is CC(CO)(Cc1ccc(C(=O)O)cc1)c1cn(-c2ccc(F)cc2)c2cccc(OCc3ccccc3)c12. The molecule has 1 unspecified atom stereocenters. The fourth-order valence-electron chi connectivity index (χ4n) is 4.83. The number of aromatic nitrogens is 1. The summed E-state index contributed by atoms with van der Waals surface area (Å²) in [5.74, 6) is -0.616. The number of benzene rings is 4. The fourth-order valence-corrected chi connectivity index (χ4v) is 4.83. The molecule has 0 spiro atoms. The van der Waals surface area contributed by atoms with Gasteiger partial charge in [-0.25, -0.2) is 9.18 Å². The summed E-state index contributed by atoms with van der Waals surface area (Å²) in [7, 11) is 0. The summed E-state index contributed by atoms with van der Waals surface area (Å²) in [5.41, 5.74) is 3.96. The second kappa shape index (κ2) is 10.5. The molecule has 0 aliphatic carbocycles. The van der Waals surface area contributed by atoms with Crippen molar-refractivity contribution in [2.24, 2.45) is 0 Å². The van der Waals surface area contributed by atoms with Crippen LogP contribution in [0.3, 0.4) is 0 Å². The van der Waals surface area contributed by atoms with Crippen molar-refractivity contribution in [2.45, 2.75) is 25.4 Å². The van der Waals surface area contributed by atoms with E-state index in [1.165, 1.54) is 12.1 Å². The van der Waals surface area contributed by atoms with E-state index in [9.17, 15) is 19.4 Å². The maximum Gasteiger partial charge on any atom is 0.335 e. The number of aliphatic hydroxyl groups is 1. The summed E-state index contributed by atoms with van der Waals surface area (Å²) in [6.07, 6.45) is 2.45. The number of aromatic carboxylic acids is 1. The van der Waals surface area contributed by atoms with Gasteiger partial charge in [0.05, 0.1) is 17.7 Å². The highest BCUT2D eigenvalue weighted by atomic mass is 19.1. The van der Waals surface area contributed by atoms with E-state index in [-0.39, 0.29) is 18.0 Å². The fraction of sp³-hybridized carbons (Fsp3) is 0.156. The van der Waals surface area contributed by atoms with E-state index in [2.05, 4.69) is 0 Å². The molecule has 5 nitrogen and oxygen atoms in total. The normalized spacial score (nSPS) is 12.8. The van der Waals surface area contributed by atoms with Crippen molar-refractivity contribution >= 4 is 16.9 Å². The number of ether oxygens (including phenoxy) is 1. The van der Waals surface area contributed by atoms with Crippen LogP contribution in [0.2, 0.25) is 0 Å². The van der Waals surface area contributed by atoms with Gasteiger partial charge in [-0.1, -0.05) is 55.5 Å². The van der Waals surface area contributed by atoms with Crippen LogP contribution in [0.25, 0.3) is 16.6 Å². The quantitative estimate of drug-likeness (QED) is 0.237. The number of nitrogens with zero attached hydrogens (tertiary/aromatic N) is 1. The number of hydrogen-bond acceptors (Lipinski definition) is 3. The van der Waals surface area contributed by atoms with E-state index in [4.69, 9.17) is 4.74 Å². The molecule has 1 aromatic heterocycles. The van der Waals surface area contributed by atoms with Gasteiger partial charge < -0.3 is 19.5 Å². The zero-order chi connectivity index (χ0) is 26.7. The molecule has 0 fully saturated rings. The Morgan fingerprint density at radius 1 is 0.895 bits per heavy atom. The average Bonchev–Trinajstić information content (AvgIpc) is 3.34. The molecule has 1 heterocycles. The van der Waals surface area contributed by atoms with Crippen LogP contribution in [-0.4, -0.2) is 27.4 Å². The molecule has 5 rings (SSSR count). The van der Waals surface area contributed by atoms with E-state index in [0.717, 1.165) is 33.3 Å². The lowest BCUT2D eigenvalue weighted by Crippen LogP contribution is -2.29. The minimum absolute atomic E-state index is 0.150. The number of carboxylic acids is 1. The van der Waals surface area contributed by atoms with Crippen molar-refractivity contribution < 1.29 is 24.1 Å². The van der Waals surface area contributed by atoms with Crippen LogP contribution in [0, 0.1) is 5.82 Å². The number of aliphatic hydroxyl groups excluding tert-OH is 1. The molecule has 0 aliphatic rings. The molecular weight excluding hydrogens is 481 g/mol. The Kier molecular flexibility index (Phi) is 6.99. The standard InChI is InChI=1S/C32H28FNO4/c1-32(21-35,18-22-10-12-24(13-11-22)31(36)37)27-19-34(26-16-14-25(33)15-17-26)28-8-5-9-29(30(27)28)38-20-23-6-3-2-4-7-23/h2-17,19,35H,18,20-21H2,1H3,(H,36,37). The van der Waals surface area contributed by atoms with E-state index < -0.39 is 11.4 Å². The van der Waals surface area contributed by atoms with Crippen molar-refractivity contribution in [1.29, 1.82) is 0 Å². The first kappa shape index (κ1) is 25.2. The molecule has 0 saturated heterocycles. The van der Waals surface area contributed by atoms with Crippen LogP contribution in [0.4, 0.5) is 4.39 Å². The van der Waals surface area contributed by atoms with Gasteiger partial charge in [-0.3, -0.25) is 0 Å². The summed E-state index contributed by atoms with van der Waals surface area (Å²) in [6.45, 7) is 2.21. The molecule has 38 heavy (non-hydrogen) atoms. The molecule has 192 valence electrons. The molecule has 0 radical (unpaired) electrons. The summed E-state index contributed by atoms with van der Waals surface area (Å²) in [6, 6.07) is 28.7. The van der Waals surface area contributed by atoms with Gasteiger partial charge in [-0.2, -0.15) is 0 Å². The van der Waals surface area contributed by atoms with Gasteiger partial charge in [-0.05, 0) is 71.6 Å². The summed E-state index contributed by atoms with van der Waals surface area (Å²) >= 11 is 0. The van der Waals surface area contributed by atoms with E-state index in [0.29, 0.717) is 18.8 Å². The summed E-state index contributed by atoms with van der Waals surface area (Å²) in [5, 5.41) is 20.9. The maximum atomic E-state index is 13.7. The van der Waals surface area contributed by atoms with Crippen molar-refractivity contribution in [2.75, 3.05) is 6.61 Å². The van der Waals surface area contributed by atoms with Crippen LogP contribution < -0.4 is 4.74 Å². The number of halogens is 1. The molecule has 2 N–H and O–H groups in total. The van der Waals surface area contributed by atoms with E-state index in [1.807, 2.05) is 66.2 Å². The Balaban J connectivity index is 1.63. The summed E-state index contributed by atoms with van der Waals surface area (Å²) < 4.78 is 22.0. The number of hydrogen-bond donors (Lipinski definition) is 2. The van der Waals surface area contributed by atoms with Crippen LogP contribution in [-0.2, 0) is 18.4 Å². The van der Waals surface area contributed by atoms with Crippen LogP contribution in [0.15, 0.2) is 103 Å². The van der Waals surface area contributed by atoms with Crippen molar-refractivity contribution in [1.82, 2.24) is 4.57 Å². The smallest absolute Gasteiger partial charge is 0.335 e. The molecule has 0 saturated carbocycles. The molecule has 0 aliphatic heterocycles. The first-order valence-corrected chi connectivity index (χ1v) is 12.4. The predicted octanol–water partition coefficient (Wildman–Crippen LogP) is 6.54. The molecule has 0 amide bonds. The topological polar surface area (TPSA) is 71.7 Å². The summed E-state index contributed by atoms with van der Waals surface area (Å²) in [4.78, 5) is 11.3. The third-order valence-electron chi connectivity index (χ3n) is 6.93. The number of rotatable bonds is 9. The number of carboxylic acid groups (broad SMARTS) is 1. The van der Waals surface area contributed by atoms with Gasteiger partial charge in [0, 0.05) is 22.7 Å². The third kappa shape index (κ3) is 5.04. The highest BCUT2D eigenvalue weighted by Crippen LogP contribution is 2.41. The van der Waals surface area contributed by atoms with Gasteiger partial charge in [0.2, 0.25) is 0 Å². The molecule has 1 atom stereocenters. The minimum Gasteiger partial charge on any atom is -0.488 e. The Morgan fingerprint density at radius 3 is 2.26 bits per heavy atom. The molecule has 0 bridgehead atoms. The van der Waals surface area contributed by atoms with Crippen molar-refractivity contribution in [3.8, 4) is 11.4 Å². The second-order valence-corrected chi connectivity index (χ2v) is 9.71. The lowest BCUT2D eigenvalue weighted by Gasteiger charge is -2.28. The molecule has 5 aromatic rings. The van der Waals surface area contributed by atoms with Crippen LogP contribution in [0.1, 0.15) is 34.0 Å². The predicted molar refractivity (Wildman–Crippen MR) is 146 cm³/mol. The zero-order valence-electron chi connectivity index (χ0n) is 21.0. The highest BCUT2D eigenvalue weighted by molar-refractivity contribution is 5.92. The second-order valence-electron chi connectivity index (χ2n) is 9.71. The van der Waals surface area contributed by atoms with Gasteiger partial charge in [0.1, 0.15) is 18.2 Å². The average molecular weight is 510 g/mol. The van der Waals surface area contributed by atoms with Crippen molar-refractivity contribution in [3.63, 3.8) is 0 Å². The zero-order valence-corrected chi connectivity index (χ0v) is 21.0. The van der Waals surface area contributed by atoms with Crippen LogP contribution >= 0.6 is 0 Å². The molecule has 6 heteroatoms. The third-order valence-corrected chi connectivity index (χ3v) is 6.93. The first-order chi connectivity index (χ1) is 18.4. The van der Waals surface area contributed by atoms with Crippen molar-refractivity contribution in [3.05, 3.63) is 131 Å². The van der Waals surface area contributed by atoms with Crippen LogP contribution in [0.5, 0.6) is 5.75 Å². The number of carbonyl (C=O) groups is 1. The molecule has 4 aromatic carbocycles. The van der Waals surface area contributed by atoms with E-state index in [1.54, 1.807) is 36.4 Å². The van der Waals surface area contributed by atoms with Gasteiger partial charge >= 0.3 is 5.97 Å². The minimum atomic E-state index is -0.982. The van der Waals surface area contributed by atoms with Gasteiger partial charge in [-0.15, -0.1) is 0 Å². The monoisotopic (exact) mass is 509 g/mol. The Bertz CT molecular complexity index is 1560. The van der Waals surface area contributed by atoms with E-state index >= 15 is 0 Å².